The molecule has 2 N–H and O–H groups in total. The Hall–Kier alpha value is -1.23. The Balaban J connectivity index is 2.24. The van der Waals surface area contributed by atoms with Gasteiger partial charge in [-0.3, -0.25) is 4.79 Å². The summed E-state index contributed by atoms with van der Waals surface area (Å²) < 4.78 is 1.83. The van der Waals surface area contributed by atoms with E-state index in [0.717, 1.165) is 51.0 Å². The van der Waals surface area contributed by atoms with Crippen LogP contribution in [0.25, 0.3) is 0 Å². The molecule has 0 aromatic carbocycles. The molecule has 0 aliphatic carbocycles. The van der Waals surface area contributed by atoms with Crippen molar-refractivity contribution in [1.82, 2.24) is 14.8 Å². The highest BCUT2D eigenvalue weighted by Gasteiger charge is 2.09. The second-order valence-electron chi connectivity index (χ2n) is 4.57. The first-order chi connectivity index (χ1) is 8.77. The number of hydrogen-bond acceptors (Lipinski definition) is 4. The highest BCUT2D eigenvalue weighted by atomic mass is 16.1. The van der Waals surface area contributed by atoms with Crippen LogP contribution >= 0.6 is 0 Å². The highest BCUT2D eigenvalue weighted by molar-refractivity contribution is 5.80. The SMILES string of the molecule is CCCn1ncnc1CC(=O)CCCCCCN. The van der Waals surface area contributed by atoms with Crippen LogP contribution in [0.2, 0.25) is 0 Å². The average Bonchev–Trinajstić information content (AvgIpc) is 2.77. The maximum atomic E-state index is 11.8. The molecule has 0 aliphatic rings. The van der Waals surface area contributed by atoms with Crippen LogP contribution in [0.5, 0.6) is 0 Å². The first kappa shape index (κ1) is 14.8. The number of aromatic nitrogens is 3. The Kier molecular flexibility index (Phi) is 7.25. The molecule has 0 saturated carbocycles. The smallest absolute Gasteiger partial charge is 0.140 e. The van der Waals surface area contributed by atoms with E-state index in [1.165, 1.54) is 6.33 Å². The Labute approximate surface area is 109 Å². The van der Waals surface area contributed by atoms with E-state index >= 15 is 0 Å². The van der Waals surface area contributed by atoms with Gasteiger partial charge in [-0.2, -0.15) is 5.10 Å². The lowest BCUT2D eigenvalue weighted by Gasteiger charge is -2.04. The van der Waals surface area contributed by atoms with Crippen molar-refractivity contribution >= 4 is 5.78 Å². The standard InChI is InChI=1S/C13H24N4O/c1-2-9-17-13(15-11-16-17)10-12(18)7-5-3-4-6-8-14/h11H,2-10,14H2,1H3. The number of nitrogens with two attached hydrogens (primary N) is 1. The molecule has 0 unspecified atom stereocenters. The normalized spacial score (nSPS) is 10.8. The predicted molar refractivity (Wildman–Crippen MR) is 71.2 cm³/mol. The summed E-state index contributed by atoms with van der Waals surface area (Å²) in [5.41, 5.74) is 5.42. The van der Waals surface area contributed by atoms with Crippen molar-refractivity contribution in [2.45, 2.75) is 58.4 Å². The quantitative estimate of drug-likeness (QED) is 0.643. The second-order valence-corrected chi connectivity index (χ2v) is 4.57. The van der Waals surface area contributed by atoms with Gasteiger partial charge in [-0.15, -0.1) is 0 Å². The van der Waals surface area contributed by atoms with Gasteiger partial charge in [0.2, 0.25) is 0 Å². The number of rotatable bonds is 10. The largest absolute Gasteiger partial charge is 0.330 e. The van der Waals surface area contributed by atoms with E-state index in [1.807, 2.05) is 4.68 Å². The van der Waals surface area contributed by atoms with Crippen LogP contribution in [0.1, 0.15) is 51.3 Å². The summed E-state index contributed by atoms with van der Waals surface area (Å²) in [6.07, 6.45) is 7.81. The molecule has 0 amide bonds. The first-order valence-electron chi connectivity index (χ1n) is 6.86. The van der Waals surface area contributed by atoms with Gasteiger partial charge in [0.05, 0.1) is 6.42 Å². The fraction of sp³-hybridized carbons (Fsp3) is 0.769. The van der Waals surface area contributed by atoms with Crippen LogP contribution in [-0.4, -0.2) is 27.1 Å². The number of hydrogen-bond donors (Lipinski definition) is 1. The number of unbranched alkanes of at least 4 members (excludes halogenated alkanes) is 3. The maximum Gasteiger partial charge on any atom is 0.140 e. The molecular weight excluding hydrogens is 228 g/mol. The van der Waals surface area contributed by atoms with Crippen LogP contribution in [-0.2, 0) is 17.8 Å². The molecule has 1 aromatic rings. The Morgan fingerprint density at radius 2 is 2.11 bits per heavy atom. The van der Waals surface area contributed by atoms with Gasteiger partial charge in [-0.25, -0.2) is 9.67 Å². The Bertz CT molecular complexity index is 349. The number of carbonyl (C=O) groups is 1. The van der Waals surface area contributed by atoms with E-state index in [0.29, 0.717) is 12.8 Å². The van der Waals surface area contributed by atoms with Crippen molar-refractivity contribution in [3.63, 3.8) is 0 Å². The minimum Gasteiger partial charge on any atom is -0.330 e. The van der Waals surface area contributed by atoms with Gasteiger partial charge in [0, 0.05) is 13.0 Å². The van der Waals surface area contributed by atoms with Crippen molar-refractivity contribution in [3.8, 4) is 0 Å². The summed E-state index contributed by atoms with van der Waals surface area (Å²) in [4.78, 5) is 15.9. The molecule has 102 valence electrons. The molecule has 1 rings (SSSR count). The van der Waals surface area contributed by atoms with Gasteiger partial charge in [0.1, 0.15) is 17.9 Å². The molecule has 0 fully saturated rings. The molecule has 1 aromatic heterocycles. The molecule has 5 nitrogen and oxygen atoms in total. The van der Waals surface area contributed by atoms with Gasteiger partial charge in [-0.1, -0.05) is 19.8 Å². The van der Waals surface area contributed by atoms with E-state index in [1.54, 1.807) is 0 Å². The lowest BCUT2D eigenvalue weighted by molar-refractivity contribution is -0.118. The van der Waals surface area contributed by atoms with Gasteiger partial charge in [0.25, 0.3) is 0 Å². The third-order valence-electron chi connectivity index (χ3n) is 2.90. The van der Waals surface area contributed by atoms with E-state index in [2.05, 4.69) is 17.0 Å². The summed E-state index contributed by atoms with van der Waals surface area (Å²) in [7, 11) is 0. The zero-order valence-corrected chi connectivity index (χ0v) is 11.3. The fourth-order valence-electron chi connectivity index (χ4n) is 1.91. The van der Waals surface area contributed by atoms with E-state index in [9.17, 15) is 4.79 Å². The Morgan fingerprint density at radius 3 is 2.83 bits per heavy atom. The minimum atomic E-state index is 0.258. The van der Waals surface area contributed by atoms with E-state index < -0.39 is 0 Å². The molecular formula is C13H24N4O. The monoisotopic (exact) mass is 252 g/mol. The van der Waals surface area contributed by atoms with Crippen LogP contribution in [0, 0.1) is 0 Å². The van der Waals surface area contributed by atoms with Crippen molar-refractivity contribution in [3.05, 3.63) is 12.2 Å². The van der Waals surface area contributed by atoms with Crippen LogP contribution in [0.4, 0.5) is 0 Å². The molecule has 5 heteroatoms. The van der Waals surface area contributed by atoms with Gasteiger partial charge in [0.15, 0.2) is 0 Å². The van der Waals surface area contributed by atoms with Crippen LogP contribution < -0.4 is 5.73 Å². The predicted octanol–water partition coefficient (Wildman–Crippen LogP) is 1.71. The highest BCUT2D eigenvalue weighted by Crippen LogP contribution is 2.06. The van der Waals surface area contributed by atoms with Crippen molar-refractivity contribution < 1.29 is 4.79 Å². The zero-order valence-electron chi connectivity index (χ0n) is 11.3. The molecule has 0 atom stereocenters. The maximum absolute atomic E-state index is 11.8. The summed E-state index contributed by atoms with van der Waals surface area (Å²) in [6.45, 7) is 3.66. The third-order valence-corrected chi connectivity index (χ3v) is 2.90. The van der Waals surface area contributed by atoms with Crippen LogP contribution in [0.15, 0.2) is 6.33 Å². The fourth-order valence-corrected chi connectivity index (χ4v) is 1.91. The van der Waals surface area contributed by atoms with Gasteiger partial charge in [-0.05, 0) is 25.8 Å². The number of ketones is 1. The molecule has 1 heterocycles. The summed E-state index contributed by atoms with van der Waals surface area (Å²) in [6, 6.07) is 0. The lowest BCUT2D eigenvalue weighted by Crippen LogP contribution is -2.11. The molecule has 0 bridgehead atoms. The topological polar surface area (TPSA) is 73.8 Å². The lowest BCUT2D eigenvalue weighted by atomic mass is 10.1. The van der Waals surface area contributed by atoms with Gasteiger partial charge >= 0.3 is 0 Å². The molecule has 18 heavy (non-hydrogen) atoms. The van der Waals surface area contributed by atoms with Crippen molar-refractivity contribution in [2.24, 2.45) is 5.73 Å². The number of aryl methyl sites for hydroxylation is 1. The average molecular weight is 252 g/mol. The van der Waals surface area contributed by atoms with E-state index in [-0.39, 0.29) is 5.78 Å². The summed E-state index contributed by atoms with van der Waals surface area (Å²) in [5, 5.41) is 4.12. The van der Waals surface area contributed by atoms with Gasteiger partial charge < -0.3 is 5.73 Å². The minimum absolute atomic E-state index is 0.258. The number of carbonyl (C=O) groups excluding carboxylic acids is 1. The summed E-state index contributed by atoms with van der Waals surface area (Å²) >= 11 is 0. The molecule has 0 aliphatic heterocycles. The molecule has 0 radical (unpaired) electrons. The van der Waals surface area contributed by atoms with E-state index in [4.69, 9.17) is 5.73 Å². The number of Topliss-reactive ketones (excluding diaryl/α,β-unsaturated/α-hetero) is 1. The number of nitrogens with zero attached hydrogens (tertiary/aromatic N) is 3. The third kappa shape index (κ3) is 5.40. The molecule has 0 saturated heterocycles. The Morgan fingerprint density at radius 1 is 1.33 bits per heavy atom. The second kappa shape index (κ2) is 8.80. The van der Waals surface area contributed by atoms with Crippen LogP contribution in [0.3, 0.4) is 0 Å². The molecule has 0 spiro atoms. The summed E-state index contributed by atoms with van der Waals surface area (Å²) in [5.74, 6) is 1.05. The zero-order chi connectivity index (χ0) is 13.2. The van der Waals surface area contributed by atoms with Crippen molar-refractivity contribution in [2.75, 3.05) is 6.54 Å². The van der Waals surface area contributed by atoms with Crippen molar-refractivity contribution in [1.29, 1.82) is 0 Å². The first-order valence-corrected chi connectivity index (χ1v) is 6.86.